The van der Waals surface area contributed by atoms with E-state index in [0.29, 0.717) is 5.41 Å². The standard InChI is InChI=1S/C17H33N3/c1-7-8-9-10-17(5,6)13-20-14-18-11-15(20)12-19-16(2,3)4/h11,14,19H,7-10,12-13H2,1-6H3. The second-order valence-electron chi connectivity index (χ2n) is 7.74. The summed E-state index contributed by atoms with van der Waals surface area (Å²) in [6, 6.07) is 0. The average molecular weight is 279 g/mol. The van der Waals surface area contributed by atoms with Gasteiger partial charge in [0.25, 0.3) is 0 Å². The van der Waals surface area contributed by atoms with Crippen molar-refractivity contribution in [3.63, 3.8) is 0 Å². The van der Waals surface area contributed by atoms with Crippen LogP contribution in [0.15, 0.2) is 12.5 Å². The molecule has 0 aliphatic heterocycles. The molecule has 3 heteroatoms. The summed E-state index contributed by atoms with van der Waals surface area (Å²) in [7, 11) is 0. The van der Waals surface area contributed by atoms with Gasteiger partial charge in [-0.2, -0.15) is 0 Å². The zero-order valence-corrected chi connectivity index (χ0v) is 14.3. The highest BCUT2D eigenvalue weighted by Crippen LogP contribution is 2.26. The summed E-state index contributed by atoms with van der Waals surface area (Å²) in [5.41, 5.74) is 1.77. The lowest BCUT2D eigenvalue weighted by Crippen LogP contribution is -2.36. The molecule has 3 nitrogen and oxygen atoms in total. The lowest BCUT2D eigenvalue weighted by atomic mass is 9.86. The second kappa shape index (κ2) is 7.26. The van der Waals surface area contributed by atoms with Crippen molar-refractivity contribution in [3.8, 4) is 0 Å². The molecule has 1 aromatic heterocycles. The number of imidazole rings is 1. The number of nitrogens with zero attached hydrogens (tertiary/aromatic N) is 2. The molecular formula is C17H33N3. The highest BCUT2D eigenvalue weighted by molar-refractivity contribution is 4.99. The minimum absolute atomic E-state index is 0.145. The molecule has 116 valence electrons. The van der Waals surface area contributed by atoms with Gasteiger partial charge in [0.2, 0.25) is 0 Å². The van der Waals surface area contributed by atoms with Crippen molar-refractivity contribution in [1.82, 2.24) is 14.9 Å². The maximum atomic E-state index is 4.33. The molecule has 0 saturated heterocycles. The van der Waals surface area contributed by atoms with Gasteiger partial charge >= 0.3 is 0 Å². The minimum atomic E-state index is 0.145. The molecule has 1 rings (SSSR count). The number of unbranched alkanes of at least 4 members (excludes halogenated alkanes) is 2. The van der Waals surface area contributed by atoms with Gasteiger partial charge in [0.05, 0.1) is 12.0 Å². The van der Waals surface area contributed by atoms with Crippen molar-refractivity contribution in [2.45, 2.75) is 85.9 Å². The third kappa shape index (κ3) is 6.56. The average Bonchev–Trinajstić information content (AvgIpc) is 2.72. The highest BCUT2D eigenvalue weighted by atomic mass is 15.1. The van der Waals surface area contributed by atoms with Crippen molar-refractivity contribution in [2.75, 3.05) is 0 Å². The molecular weight excluding hydrogens is 246 g/mol. The van der Waals surface area contributed by atoms with Gasteiger partial charge in [0.1, 0.15) is 0 Å². The van der Waals surface area contributed by atoms with Crippen molar-refractivity contribution in [3.05, 3.63) is 18.2 Å². The van der Waals surface area contributed by atoms with Crippen LogP contribution in [-0.4, -0.2) is 15.1 Å². The van der Waals surface area contributed by atoms with Gasteiger partial charge in [0, 0.05) is 24.8 Å². The summed E-state index contributed by atoms with van der Waals surface area (Å²) in [4.78, 5) is 4.33. The van der Waals surface area contributed by atoms with E-state index in [1.165, 1.54) is 31.4 Å². The monoisotopic (exact) mass is 279 g/mol. The first-order valence-corrected chi connectivity index (χ1v) is 7.97. The smallest absolute Gasteiger partial charge is 0.0948 e. The van der Waals surface area contributed by atoms with E-state index >= 15 is 0 Å². The maximum Gasteiger partial charge on any atom is 0.0948 e. The normalized spacial score (nSPS) is 12.9. The van der Waals surface area contributed by atoms with Gasteiger partial charge in [-0.3, -0.25) is 0 Å². The Bertz CT molecular complexity index is 385. The number of hydrogen-bond donors (Lipinski definition) is 1. The Kier molecular flexibility index (Phi) is 6.25. The van der Waals surface area contributed by atoms with E-state index in [9.17, 15) is 0 Å². The molecule has 1 heterocycles. The third-order valence-corrected chi connectivity index (χ3v) is 3.65. The van der Waals surface area contributed by atoms with Gasteiger partial charge in [-0.15, -0.1) is 0 Å². The summed E-state index contributed by atoms with van der Waals surface area (Å²) >= 11 is 0. The van der Waals surface area contributed by atoms with Crippen LogP contribution >= 0.6 is 0 Å². The molecule has 1 aromatic rings. The van der Waals surface area contributed by atoms with E-state index < -0.39 is 0 Å². The molecule has 0 aliphatic carbocycles. The molecule has 0 fully saturated rings. The largest absolute Gasteiger partial charge is 0.333 e. The molecule has 0 radical (unpaired) electrons. The summed E-state index contributed by atoms with van der Waals surface area (Å²) in [5, 5.41) is 3.54. The Morgan fingerprint density at radius 1 is 1.15 bits per heavy atom. The summed E-state index contributed by atoms with van der Waals surface area (Å²) in [6.07, 6.45) is 9.20. The van der Waals surface area contributed by atoms with Crippen LogP contribution in [0.4, 0.5) is 0 Å². The lowest BCUT2D eigenvalue weighted by Gasteiger charge is -2.27. The zero-order chi connectivity index (χ0) is 15.2. The predicted molar refractivity (Wildman–Crippen MR) is 86.7 cm³/mol. The number of rotatable bonds is 8. The summed E-state index contributed by atoms with van der Waals surface area (Å²) < 4.78 is 2.31. The van der Waals surface area contributed by atoms with Crippen LogP contribution in [0, 0.1) is 5.41 Å². The van der Waals surface area contributed by atoms with Crippen LogP contribution < -0.4 is 5.32 Å². The Balaban J connectivity index is 2.57. The van der Waals surface area contributed by atoms with Crippen LogP contribution in [0.2, 0.25) is 0 Å². The highest BCUT2D eigenvalue weighted by Gasteiger charge is 2.19. The quantitative estimate of drug-likeness (QED) is 0.716. The Hall–Kier alpha value is -0.830. The topological polar surface area (TPSA) is 29.9 Å². The first kappa shape index (κ1) is 17.2. The predicted octanol–water partition coefficient (Wildman–Crippen LogP) is 4.38. The van der Waals surface area contributed by atoms with Crippen LogP contribution in [0.1, 0.15) is 72.9 Å². The van der Waals surface area contributed by atoms with Gasteiger partial charge in [-0.05, 0) is 32.6 Å². The fraction of sp³-hybridized carbons (Fsp3) is 0.824. The van der Waals surface area contributed by atoms with Gasteiger partial charge in [-0.1, -0.05) is 40.0 Å². The fourth-order valence-electron chi connectivity index (χ4n) is 2.39. The van der Waals surface area contributed by atoms with E-state index in [1.54, 1.807) is 0 Å². The first-order chi connectivity index (χ1) is 9.23. The minimum Gasteiger partial charge on any atom is -0.333 e. The molecule has 0 unspecified atom stereocenters. The van der Waals surface area contributed by atoms with E-state index in [2.05, 4.69) is 56.4 Å². The number of hydrogen-bond acceptors (Lipinski definition) is 2. The van der Waals surface area contributed by atoms with Gasteiger partial charge < -0.3 is 9.88 Å². The molecule has 0 amide bonds. The fourth-order valence-corrected chi connectivity index (χ4v) is 2.39. The van der Waals surface area contributed by atoms with Gasteiger partial charge in [0.15, 0.2) is 0 Å². The molecule has 0 bridgehead atoms. The molecule has 0 saturated carbocycles. The Morgan fingerprint density at radius 3 is 2.45 bits per heavy atom. The molecule has 20 heavy (non-hydrogen) atoms. The number of nitrogens with one attached hydrogen (secondary N) is 1. The second-order valence-corrected chi connectivity index (χ2v) is 7.74. The maximum absolute atomic E-state index is 4.33. The van der Waals surface area contributed by atoms with E-state index in [0.717, 1.165) is 13.1 Å². The molecule has 0 aromatic carbocycles. The summed E-state index contributed by atoms with van der Waals surface area (Å²) in [6.45, 7) is 15.5. The third-order valence-electron chi connectivity index (χ3n) is 3.65. The lowest BCUT2D eigenvalue weighted by molar-refractivity contribution is 0.266. The van der Waals surface area contributed by atoms with Crippen molar-refractivity contribution >= 4 is 0 Å². The van der Waals surface area contributed by atoms with Crippen molar-refractivity contribution < 1.29 is 0 Å². The number of aromatic nitrogens is 2. The van der Waals surface area contributed by atoms with Crippen molar-refractivity contribution in [1.29, 1.82) is 0 Å². The van der Waals surface area contributed by atoms with Gasteiger partial charge in [-0.25, -0.2) is 4.98 Å². The summed E-state index contributed by atoms with van der Waals surface area (Å²) in [5.74, 6) is 0. The molecule has 1 N–H and O–H groups in total. The van der Waals surface area contributed by atoms with Crippen LogP contribution in [0.5, 0.6) is 0 Å². The van der Waals surface area contributed by atoms with E-state index in [-0.39, 0.29) is 5.54 Å². The molecule has 0 aliphatic rings. The zero-order valence-electron chi connectivity index (χ0n) is 14.3. The SMILES string of the molecule is CCCCCC(C)(C)Cn1cncc1CNC(C)(C)C. The Morgan fingerprint density at radius 2 is 1.85 bits per heavy atom. The van der Waals surface area contributed by atoms with Crippen LogP contribution in [0.25, 0.3) is 0 Å². The van der Waals surface area contributed by atoms with Crippen LogP contribution in [0.3, 0.4) is 0 Å². The first-order valence-electron chi connectivity index (χ1n) is 7.97. The van der Waals surface area contributed by atoms with E-state index in [1.807, 2.05) is 12.5 Å². The van der Waals surface area contributed by atoms with Crippen molar-refractivity contribution in [2.24, 2.45) is 5.41 Å². The molecule has 0 atom stereocenters. The van der Waals surface area contributed by atoms with E-state index in [4.69, 9.17) is 0 Å². The van der Waals surface area contributed by atoms with Crippen LogP contribution in [-0.2, 0) is 13.1 Å². The Labute approximate surface area is 125 Å². The molecule has 0 spiro atoms.